The van der Waals surface area contributed by atoms with Crippen LogP contribution < -0.4 is 0 Å². The van der Waals surface area contributed by atoms with Gasteiger partial charge in [0.15, 0.2) is 0 Å². The summed E-state index contributed by atoms with van der Waals surface area (Å²) in [5, 5.41) is 0. The van der Waals surface area contributed by atoms with Gasteiger partial charge in [-0.05, 0) is 72.8 Å². The van der Waals surface area contributed by atoms with E-state index < -0.39 is 5.41 Å². The van der Waals surface area contributed by atoms with E-state index in [1.807, 2.05) is 24.3 Å². The van der Waals surface area contributed by atoms with Crippen molar-refractivity contribution >= 4 is 5.97 Å². The summed E-state index contributed by atoms with van der Waals surface area (Å²) in [7, 11) is 1.45. The zero-order chi connectivity index (χ0) is 27.6. The smallest absolute Gasteiger partial charge is 0.338 e. The van der Waals surface area contributed by atoms with Gasteiger partial charge in [0.2, 0.25) is 0 Å². The number of carbonyl (C=O) groups excluding carboxylic acids is 1. The third-order valence-corrected chi connectivity index (χ3v) is 8.84. The Morgan fingerprint density at radius 3 is 1.68 bits per heavy atom. The molecule has 6 aromatic carbocycles. The number of carbonyl (C=O) groups is 1. The molecule has 0 saturated carbocycles. The van der Waals surface area contributed by atoms with Gasteiger partial charge >= 0.3 is 5.97 Å². The molecule has 0 radical (unpaired) electrons. The highest BCUT2D eigenvalue weighted by atomic mass is 16.5. The van der Waals surface area contributed by atoms with Gasteiger partial charge in [-0.15, -0.1) is 0 Å². The van der Waals surface area contributed by atoms with Gasteiger partial charge in [0.1, 0.15) is 0 Å². The zero-order valence-corrected chi connectivity index (χ0v) is 22.6. The van der Waals surface area contributed by atoms with Crippen molar-refractivity contribution in [2.75, 3.05) is 7.11 Å². The van der Waals surface area contributed by atoms with Gasteiger partial charge in [0.25, 0.3) is 0 Å². The van der Waals surface area contributed by atoms with Crippen molar-refractivity contribution in [1.82, 2.24) is 0 Å². The predicted octanol–water partition coefficient (Wildman–Crippen LogP) is 9.15. The quantitative estimate of drug-likeness (QED) is 0.215. The van der Waals surface area contributed by atoms with Crippen LogP contribution in [0.2, 0.25) is 0 Å². The van der Waals surface area contributed by atoms with Crippen molar-refractivity contribution in [3.05, 3.63) is 167 Å². The Balaban J connectivity index is 1.45. The number of rotatable bonds is 3. The van der Waals surface area contributed by atoms with E-state index in [-0.39, 0.29) is 5.97 Å². The normalized spacial score (nSPS) is 13.3. The SMILES string of the molecule is COC(=O)c1cc(-c2ccccc2)ccc1-c1cccc2c1-c1ccccc1C21c2ccccc2-c2ccccc21. The lowest BCUT2D eigenvalue weighted by Crippen LogP contribution is -2.25. The molecule has 1 spiro atoms. The van der Waals surface area contributed by atoms with E-state index in [2.05, 4.69) is 115 Å². The molecule has 0 N–H and O–H groups in total. The molecule has 0 bridgehead atoms. The Kier molecular flexibility index (Phi) is 5.14. The molecule has 0 saturated heterocycles. The van der Waals surface area contributed by atoms with Crippen LogP contribution in [0.3, 0.4) is 0 Å². The largest absolute Gasteiger partial charge is 0.465 e. The molecule has 41 heavy (non-hydrogen) atoms. The first-order valence-corrected chi connectivity index (χ1v) is 13.9. The van der Waals surface area contributed by atoms with Crippen LogP contribution >= 0.6 is 0 Å². The van der Waals surface area contributed by atoms with Crippen LogP contribution in [0, 0.1) is 0 Å². The highest BCUT2D eigenvalue weighted by Crippen LogP contribution is 2.63. The Morgan fingerprint density at radius 2 is 1.02 bits per heavy atom. The second-order valence-electron chi connectivity index (χ2n) is 10.7. The minimum atomic E-state index is -0.426. The van der Waals surface area contributed by atoms with E-state index in [4.69, 9.17) is 4.74 Å². The van der Waals surface area contributed by atoms with Gasteiger partial charge in [0, 0.05) is 0 Å². The Labute approximate surface area is 239 Å². The van der Waals surface area contributed by atoms with Gasteiger partial charge in [-0.2, -0.15) is 0 Å². The number of fused-ring (bicyclic) bond motifs is 10. The molecule has 0 amide bonds. The Morgan fingerprint density at radius 1 is 0.488 bits per heavy atom. The molecule has 194 valence electrons. The van der Waals surface area contributed by atoms with Crippen molar-refractivity contribution in [3.63, 3.8) is 0 Å². The first kappa shape index (κ1) is 23.7. The average Bonchev–Trinajstić information content (AvgIpc) is 3.52. The van der Waals surface area contributed by atoms with Crippen LogP contribution in [-0.4, -0.2) is 13.1 Å². The van der Waals surface area contributed by atoms with E-state index in [0.717, 1.165) is 22.3 Å². The van der Waals surface area contributed by atoms with Gasteiger partial charge < -0.3 is 4.74 Å². The summed E-state index contributed by atoms with van der Waals surface area (Å²) < 4.78 is 5.33. The van der Waals surface area contributed by atoms with Gasteiger partial charge in [-0.25, -0.2) is 4.79 Å². The van der Waals surface area contributed by atoms with Crippen LogP contribution in [0.4, 0.5) is 0 Å². The molecule has 0 fully saturated rings. The van der Waals surface area contributed by atoms with Gasteiger partial charge in [-0.3, -0.25) is 0 Å². The molecular weight excluding hydrogens is 500 g/mol. The Hall–Kier alpha value is -5.21. The van der Waals surface area contributed by atoms with Crippen LogP contribution in [-0.2, 0) is 10.2 Å². The van der Waals surface area contributed by atoms with Gasteiger partial charge in [0.05, 0.1) is 18.1 Å². The molecule has 0 aliphatic heterocycles. The number of methoxy groups -OCH3 is 1. The maximum Gasteiger partial charge on any atom is 0.338 e. The minimum absolute atomic E-state index is 0.340. The molecule has 8 rings (SSSR count). The van der Waals surface area contributed by atoms with Crippen molar-refractivity contribution in [2.45, 2.75) is 5.41 Å². The molecule has 0 atom stereocenters. The summed E-state index contributed by atoms with van der Waals surface area (Å²) in [5.41, 5.74) is 14.2. The summed E-state index contributed by atoms with van der Waals surface area (Å²) in [4.78, 5) is 13.3. The second-order valence-corrected chi connectivity index (χ2v) is 10.7. The minimum Gasteiger partial charge on any atom is -0.465 e. The molecular formula is C39H26O2. The molecule has 2 heteroatoms. The molecule has 0 unspecified atom stereocenters. The molecule has 2 aliphatic rings. The molecule has 2 aliphatic carbocycles. The highest BCUT2D eigenvalue weighted by Gasteiger charge is 2.52. The number of benzene rings is 6. The van der Waals surface area contributed by atoms with Crippen molar-refractivity contribution in [1.29, 1.82) is 0 Å². The fourth-order valence-corrected chi connectivity index (χ4v) is 7.24. The summed E-state index contributed by atoms with van der Waals surface area (Å²) in [6.07, 6.45) is 0. The summed E-state index contributed by atoms with van der Waals surface area (Å²) >= 11 is 0. The second kappa shape index (κ2) is 8.90. The average molecular weight is 527 g/mol. The van der Waals surface area contributed by atoms with Gasteiger partial charge in [-0.1, -0.05) is 133 Å². The number of hydrogen-bond acceptors (Lipinski definition) is 2. The number of esters is 1. The topological polar surface area (TPSA) is 26.3 Å². The zero-order valence-electron chi connectivity index (χ0n) is 22.6. The lowest BCUT2D eigenvalue weighted by molar-refractivity contribution is 0.0601. The lowest BCUT2D eigenvalue weighted by Gasteiger charge is -2.30. The van der Waals surface area contributed by atoms with E-state index in [1.54, 1.807) is 0 Å². The summed E-state index contributed by atoms with van der Waals surface area (Å²) in [5.74, 6) is -0.340. The molecule has 0 aromatic heterocycles. The first-order valence-electron chi connectivity index (χ1n) is 13.9. The molecule has 0 heterocycles. The first-order chi connectivity index (χ1) is 20.2. The predicted molar refractivity (Wildman–Crippen MR) is 165 cm³/mol. The standard InChI is InChI=1S/C39H26O2/c1-41-38(40)32-24-26(25-12-3-2-4-13-25)22-23-27(32)30-17-11-21-36-37(30)31-16-7-10-20-35(31)39(36)33-18-8-5-14-28(33)29-15-6-9-19-34(29)39/h2-24H,1H3. The van der Waals surface area contributed by atoms with Crippen molar-refractivity contribution in [2.24, 2.45) is 0 Å². The Bertz CT molecular complexity index is 1960. The third-order valence-electron chi connectivity index (χ3n) is 8.84. The fourth-order valence-electron chi connectivity index (χ4n) is 7.24. The lowest BCUT2D eigenvalue weighted by atomic mass is 9.70. The monoisotopic (exact) mass is 526 g/mol. The third kappa shape index (κ3) is 3.16. The van der Waals surface area contributed by atoms with Crippen LogP contribution in [0.1, 0.15) is 32.6 Å². The van der Waals surface area contributed by atoms with Crippen molar-refractivity contribution in [3.8, 4) is 44.5 Å². The number of ether oxygens (including phenoxy) is 1. The van der Waals surface area contributed by atoms with Crippen LogP contribution in [0.25, 0.3) is 44.5 Å². The highest BCUT2D eigenvalue weighted by molar-refractivity contribution is 6.05. The van der Waals surface area contributed by atoms with Crippen molar-refractivity contribution < 1.29 is 9.53 Å². The maximum absolute atomic E-state index is 13.3. The molecule has 6 aromatic rings. The van der Waals surface area contributed by atoms with Crippen LogP contribution in [0.15, 0.2) is 140 Å². The van der Waals surface area contributed by atoms with Crippen LogP contribution in [0.5, 0.6) is 0 Å². The van der Waals surface area contributed by atoms with E-state index in [1.165, 1.54) is 51.6 Å². The summed E-state index contributed by atoms with van der Waals surface area (Å²) in [6, 6.07) is 49.2. The number of hydrogen-bond donors (Lipinski definition) is 0. The maximum atomic E-state index is 13.3. The van der Waals surface area contributed by atoms with E-state index in [0.29, 0.717) is 5.56 Å². The van der Waals surface area contributed by atoms with E-state index in [9.17, 15) is 4.79 Å². The van der Waals surface area contributed by atoms with E-state index >= 15 is 0 Å². The molecule has 2 nitrogen and oxygen atoms in total. The summed E-state index contributed by atoms with van der Waals surface area (Å²) in [6.45, 7) is 0. The fraction of sp³-hybridized carbons (Fsp3) is 0.0513.